The van der Waals surface area contributed by atoms with Crippen molar-refractivity contribution in [3.63, 3.8) is 0 Å². The Balaban J connectivity index is 2.00. The van der Waals surface area contributed by atoms with E-state index >= 15 is 0 Å². The molecule has 1 aromatic heterocycles. The van der Waals surface area contributed by atoms with Crippen LogP contribution in [0.15, 0.2) is 12.5 Å². The highest BCUT2D eigenvalue weighted by molar-refractivity contribution is 5.06. The van der Waals surface area contributed by atoms with Gasteiger partial charge < -0.3 is 15.2 Å². The molecule has 1 aliphatic heterocycles. The van der Waals surface area contributed by atoms with Gasteiger partial charge in [-0.1, -0.05) is 0 Å². The van der Waals surface area contributed by atoms with Crippen molar-refractivity contribution < 1.29 is 0 Å². The lowest BCUT2D eigenvalue weighted by atomic mass is 10.1. The van der Waals surface area contributed by atoms with Gasteiger partial charge in [-0.2, -0.15) is 0 Å². The second-order valence-corrected chi connectivity index (χ2v) is 5.71. The number of aryl methyl sites for hydroxylation is 1. The molecule has 0 aromatic carbocycles. The van der Waals surface area contributed by atoms with Crippen LogP contribution in [0.4, 0.5) is 0 Å². The minimum atomic E-state index is 0.272. The van der Waals surface area contributed by atoms with Crippen LogP contribution >= 0.6 is 0 Å². The minimum absolute atomic E-state index is 0.272. The molecule has 1 aromatic rings. The molecule has 5 nitrogen and oxygen atoms in total. The summed E-state index contributed by atoms with van der Waals surface area (Å²) in [6, 6.07) is 0.272. The minimum Gasteiger partial charge on any atom is -0.333 e. The molecule has 2 N–H and O–H groups in total. The van der Waals surface area contributed by atoms with Gasteiger partial charge in [-0.05, 0) is 39.9 Å². The van der Waals surface area contributed by atoms with E-state index in [0.717, 1.165) is 19.0 Å². The highest BCUT2D eigenvalue weighted by Crippen LogP contribution is 2.22. The van der Waals surface area contributed by atoms with Gasteiger partial charge in [-0.15, -0.1) is 0 Å². The predicted molar refractivity (Wildman–Crippen MR) is 77.9 cm³/mol. The van der Waals surface area contributed by atoms with Gasteiger partial charge in [0.2, 0.25) is 0 Å². The number of hydrogen-bond acceptors (Lipinski definition) is 4. The summed E-state index contributed by atoms with van der Waals surface area (Å²) in [5.74, 6) is 0.766. The average Bonchev–Trinajstić information content (AvgIpc) is 2.99. The molecular formula is C14H27N5. The maximum atomic E-state index is 6.00. The summed E-state index contributed by atoms with van der Waals surface area (Å²) >= 11 is 0. The molecule has 0 saturated carbocycles. The third-order valence-corrected chi connectivity index (χ3v) is 4.22. The summed E-state index contributed by atoms with van der Waals surface area (Å²) in [6.45, 7) is 7.27. The van der Waals surface area contributed by atoms with Crippen molar-refractivity contribution in [2.45, 2.75) is 25.9 Å². The van der Waals surface area contributed by atoms with Crippen LogP contribution in [-0.4, -0.2) is 59.6 Å². The van der Waals surface area contributed by atoms with Crippen LogP contribution in [0.3, 0.4) is 0 Å². The smallest absolute Gasteiger partial charge is 0.0948 e. The average molecular weight is 265 g/mol. The van der Waals surface area contributed by atoms with Gasteiger partial charge in [-0.25, -0.2) is 4.98 Å². The Morgan fingerprint density at radius 2 is 2.37 bits per heavy atom. The largest absolute Gasteiger partial charge is 0.333 e. The first-order valence-electron chi connectivity index (χ1n) is 7.24. The van der Waals surface area contributed by atoms with Crippen LogP contribution in [0.5, 0.6) is 0 Å². The van der Waals surface area contributed by atoms with Crippen LogP contribution in [0, 0.1) is 5.92 Å². The normalized spacial score (nSPS) is 22.3. The molecule has 1 saturated heterocycles. The van der Waals surface area contributed by atoms with Gasteiger partial charge >= 0.3 is 0 Å². The molecule has 1 fully saturated rings. The Morgan fingerprint density at radius 3 is 2.95 bits per heavy atom. The first-order chi connectivity index (χ1) is 9.15. The van der Waals surface area contributed by atoms with Crippen molar-refractivity contribution in [2.24, 2.45) is 11.7 Å². The lowest BCUT2D eigenvalue weighted by Gasteiger charge is -2.29. The van der Waals surface area contributed by atoms with E-state index in [0.29, 0.717) is 6.54 Å². The van der Waals surface area contributed by atoms with Crippen molar-refractivity contribution in [1.29, 1.82) is 0 Å². The molecule has 2 unspecified atom stereocenters. The Morgan fingerprint density at radius 1 is 1.58 bits per heavy atom. The van der Waals surface area contributed by atoms with E-state index in [1.54, 1.807) is 0 Å². The van der Waals surface area contributed by atoms with Crippen LogP contribution in [0.1, 0.15) is 25.1 Å². The van der Waals surface area contributed by atoms with Gasteiger partial charge in [-0.3, -0.25) is 4.90 Å². The molecule has 0 aliphatic carbocycles. The van der Waals surface area contributed by atoms with E-state index in [2.05, 4.69) is 40.4 Å². The lowest BCUT2D eigenvalue weighted by Crippen LogP contribution is -2.36. The number of nitrogens with two attached hydrogens (primary N) is 1. The maximum Gasteiger partial charge on any atom is 0.0948 e. The fraction of sp³-hybridized carbons (Fsp3) is 0.786. The van der Waals surface area contributed by atoms with E-state index in [-0.39, 0.29) is 6.04 Å². The van der Waals surface area contributed by atoms with Gasteiger partial charge in [0.25, 0.3) is 0 Å². The molecule has 5 heteroatoms. The van der Waals surface area contributed by atoms with E-state index in [9.17, 15) is 0 Å². The lowest BCUT2D eigenvalue weighted by molar-refractivity contribution is 0.205. The molecule has 2 atom stereocenters. The fourth-order valence-corrected chi connectivity index (χ4v) is 3.11. The van der Waals surface area contributed by atoms with Gasteiger partial charge in [0.05, 0.1) is 18.1 Å². The van der Waals surface area contributed by atoms with E-state index < -0.39 is 0 Å². The number of aromatic nitrogens is 2. The van der Waals surface area contributed by atoms with E-state index in [1.165, 1.54) is 25.2 Å². The molecule has 1 aliphatic rings. The quantitative estimate of drug-likeness (QED) is 0.826. The molecular weight excluding hydrogens is 238 g/mol. The summed E-state index contributed by atoms with van der Waals surface area (Å²) < 4.78 is 2.19. The van der Waals surface area contributed by atoms with Crippen LogP contribution in [0.2, 0.25) is 0 Å². The number of likely N-dealkylation sites (tertiary alicyclic amines) is 1. The number of imidazole rings is 1. The first kappa shape index (κ1) is 14.5. The zero-order valence-electron chi connectivity index (χ0n) is 12.4. The molecule has 0 spiro atoms. The summed E-state index contributed by atoms with van der Waals surface area (Å²) in [5.41, 5.74) is 7.23. The second-order valence-electron chi connectivity index (χ2n) is 5.71. The van der Waals surface area contributed by atoms with E-state index in [4.69, 9.17) is 5.73 Å². The molecule has 0 bridgehead atoms. The molecule has 19 heavy (non-hydrogen) atoms. The molecule has 2 heterocycles. The zero-order chi connectivity index (χ0) is 13.8. The van der Waals surface area contributed by atoms with Crippen molar-refractivity contribution in [1.82, 2.24) is 19.4 Å². The summed E-state index contributed by atoms with van der Waals surface area (Å²) in [5, 5.41) is 0. The van der Waals surface area contributed by atoms with Crippen molar-refractivity contribution in [3.05, 3.63) is 18.2 Å². The van der Waals surface area contributed by atoms with Crippen molar-refractivity contribution >= 4 is 0 Å². The van der Waals surface area contributed by atoms with E-state index in [1.807, 2.05) is 12.5 Å². The number of rotatable bonds is 6. The summed E-state index contributed by atoms with van der Waals surface area (Å²) in [7, 11) is 4.38. The molecule has 108 valence electrons. The second kappa shape index (κ2) is 6.50. The van der Waals surface area contributed by atoms with Gasteiger partial charge in [0.1, 0.15) is 0 Å². The molecule has 2 rings (SSSR count). The fourth-order valence-electron chi connectivity index (χ4n) is 3.11. The topological polar surface area (TPSA) is 50.3 Å². The standard InChI is InChI=1S/C14H27N5/c1-4-19-11-16-8-14(19)13(7-15)18(3)10-12-5-6-17(2)9-12/h8,11-13H,4-7,9-10,15H2,1-3H3. The molecule has 0 radical (unpaired) electrons. The first-order valence-corrected chi connectivity index (χ1v) is 7.24. The maximum absolute atomic E-state index is 6.00. The Hall–Kier alpha value is -0.910. The SMILES string of the molecule is CCn1cncc1C(CN)N(C)CC1CCN(C)C1. The third-order valence-electron chi connectivity index (χ3n) is 4.22. The Kier molecular flexibility index (Phi) is 4.96. The molecule has 0 amide bonds. The predicted octanol–water partition coefficient (Wildman–Crippen LogP) is 0.786. The Bertz CT molecular complexity index is 389. The Labute approximate surface area is 116 Å². The highest BCUT2D eigenvalue weighted by atomic mass is 15.2. The third kappa shape index (κ3) is 3.35. The van der Waals surface area contributed by atoms with Crippen molar-refractivity contribution in [3.8, 4) is 0 Å². The number of nitrogens with zero attached hydrogens (tertiary/aromatic N) is 4. The monoisotopic (exact) mass is 265 g/mol. The number of hydrogen-bond donors (Lipinski definition) is 1. The van der Waals surface area contributed by atoms with Crippen molar-refractivity contribution in [2.75, 3.05) is 40.3 Å². The van der Waals surface area contributed by atoms with Gasteiger partial charge in [0, 0.05) is 32.4 Å². The van der Waals surface area contributed by atoms with Gasteiger partial charge in [0.15, 0.2) is 0 Å². The number of likely N-dealkylation sites (N-methyl/N-ethyl adjacent to an activating group) is 1. The summed E-state index contributed by atoms with van der Waals surface area (Å²) in [4.78, 5) is 9.07. The summed E-state index contributed by atoms with van der Waals surface area (Å²) in [6.07, 6.45) is 5.15. The van der Waals surface area contributed by atoms with Crippen LogP contribution in [0.25, 0.3) is 0 Å². The van der Waals surface area contributed by atoms with Crippen LogP contribution in [-0.2, 0) is 6.54 Å². The van der Waals surface area contributed by atoms with Crippen LogP contribution < -0.4 is 5.73 Å². The highest BCUT2D eigenvalue weighted by Gasteiger charge is 2.25. The zero-order valence-corrected chi connectivity index (χ0v) is 12.4.